The number of aromatic amines is 1. The molecule has 0 radical (unpaired) electrons. The molecule has 38 heavy (non-hydrogen) atoms. The smallest absolute Gasteiger partial charge is 0.256 e. The minimum atomic E-state index is -2.67. The van der Waals surface area contributed by atoms with Crippen LogP contribution >= 0.6 is 0 Å². The number of halogens is 5. The van der Waals surface area contributed by atoms with Gasteiger partial charge >= 0.3 is 0 Å². The van der Waals surface area contributed by atoms with Gasteiger partial charge in [-0.2, -0.15) is 4.98 Å². The summed E-state index contributed by atoms with van der Waals surface area (Å²) in [5.74, 6) is -2.24. The number of aryl methyl sites for hydroxylation is 1. The second kappa shape index (κ2) is 9.03. The Morgan fingerprint density at radius 3 is 2.74 bits per heavy atom. The molecule has 0 unspecified atom stereocenters. The monoisotopic (exact) mass is 536 g/mol. The van der Waals surface area contributed by atoms with Gasteiger partial charge in [-0.25, -0.2) is 36.9 Å². The zero-order valence-electron chi connectivity index (χ0n) is 21.4. The van der Waals surface area contributed by atoms with Gasteiger partial charge in [0.2, 0.25) is 5.62 Å². The molecule has 3 N–H and O–H groups in total. The Balaban J connectivity index is 1.31. The van der Waals surface area contributed by atoms with Crippen molar-refractivity contribution >= 4 is 22.5 Å². The van der Waals surface area contributed by atoms with E-state index in [4.69, 9.17) is 7.10 Å². The van der Waals surface area contributed by atoms with Gasteiger partial charge in [0.05, 0.1) is 19.7 Å². The number of nitrogens with one attached hydrogen (secondary N) is 1. The number of rotatable bonds is 5. The lowest BCUT2D eigenvalue weighted by molar-refractivity contribution is -0.131. The predicted molar refractivity (Wildman–Crippen MR) is 130 cm³/mol. The van der Waals surface area contributed by atoms with E-state index in [9.17, 15) is 22.0 Å². The summed E-state index contributed by atoms with van der Waals surface area (Å²) in [7, 11) is 0. The van der Waals surface area contributed by atoms with E-state index in [2.05, 4.69) is 25.0 Å². The van der Waals surface area contributed by atoms with Gasteiger partial charge in [0, 0.05) is 43.7 Å². The van der Waals surface area contributed by atoms with Crippen LogP contribution in [0.4, 0.5) is 27.8 Å². The molecule has 4 aromatic rings. The fourth-order valence-corrected chi connectivity index (χ4v) is 5.33. The first-order valence-corrected chi connectivity index (χ1v) is 12.3. The van der Waals surface area contributed by atoms with Crippen LogP contribution in [0, 0.1) is 6.92 Å². The van der Waals surface area contributed by atoms with Crippen molar-refractivity contribution in [3.63, 3.8) is 0 Å². The minimum Gasteiger partial charge on any atom is -0.382 e. The van der Waals surface area contributed by atoms with Crippen molar-refractivity contribution in [2.24, 2.45) is 4.99 Å². The number of hydrogen-bond acceptors (Lipinski definition) is 6. The van der Waals surface area contributed by atoms with Crippen LogP contribution in [-0.2, 0) is 6.54 Å². The van der Waals surface area contributed by atoms with E-state index < -0.39 is 31.1 Å². The highest BCUT2D eigenvalue weighted by molar-refractivity contribution is 5.88. The van der Waals surface area contributed by atoms with E-state index in [0.29, 0.717) is 41.1 Å². The van der Waals surface area contributed by atoms with Crippen molar-refractivity contribution in [2.45, 2.75) is 63.3 Å². The molecule has 6 rings (SSSR count). The van der Waals surface area contributed by atoms with Crippen molar-refractivity contribution in [3.05, 3.63) is 35.8 Å². The Bertz CT molecular complexity index is 1620. The van der Waals surface area contributed by atoms with Gasteiger partial charge in [0.15, 0.2) is 11.5 Å². The topological polar surface area (TPSA) is 105 Å². The molecule has 4 aromatic heterocycles. The molecule has 1 aliphatic heterocycles. The maximum atomic E-state index is 15.0. The molecule has 0 bridgehead atoms. The Labute approximate surface area is 214 Å². The van der Waals surface area contributed by atoms with Gasteiger partial charge in [-0.05, 0) is 31.5 Å². The molecular weight excluding hydrogens is 509 g/mol. The SMILES string of the molecule is [2H]c1cc(-c2ccc3nc(C)n(CC(F)F)c3n2)c2c(N)nc(=N[C@H]3CCN(C4CC(F)(F)C4)C[C@H]3F)[nH]n12. The summed E-state index contributed by atoms with van der Waals surface area (Å²) in [4.78, 5) is 19.2. The molecule has 2 aliphatic rings. The first-order valence-electron chi connectivity index (χ1n) is 12.8. The Morgan fingerprint density at radius 1 is 1.24 bits per heavy atom. The summed E-state index contributed by atoms with van der Waals surface area (Å²) in [5.41, 5.74) is 8.20. The molecule has 202 valence electrons. The van der Waals surface area contributed by atoms with Crippen LogP contribution in [0.3, 0.4) is 0 Å². The summed E-state index contributed by atoms with van der Waals surface area (Å²) < 4.78 is 78.8. The van der Waals surface area contributed by atoms with Crippen LogP contribution in [0.2, 0.25) is 0 Å². The summed E-state index contributed by atoms with van der Waals surface area (Å²) in [6.45, 7) is 1.53. The third kappa shape index (κ3) is 4.40. The summed E-state index contributed by atoms with van der Waals surface area (Å²) >= 11 is 0. The van der Waals surface area contributed by atoms with E-state index >= 15 is 0 Å². The number of pyridine rings is 1. The zero-order valence-corrected chi connectivity index (χ0v) is 20.4. The van der Waals surface area contributed by atoms with E-state index in [0.717, 1.165) is 0 Å². The minimum absolute atomic E-state index is 0.00208. The largest absolute Gasteiger partial charge is 0.382 e. The number of nitrogen functional groups attached to an aromatic ring is 1. The third-order valence-electron chi connectivity index (χ3n) is 7.29. The van der Waals surface area contributed by atoms with Crippen LogP contribution in [-0.4, -0.2) is 77.7 Å². The molecule has 1 saturated carbocycles. The first-order chi connectivity index (χ1) is 18.5. The number of likely N-dealkylation sites (tertiary alicyclic amines) is 1. The lowest BCUT2D eigenvalue weighted by Crippen LogP contribution is -2.56. The molecule has 14 heteroatoms. The second-order valence-electron chi connectivity index (χ2n) is 9.92. The fourth-order valence-electron chi connectivity index (χ4n) is 5.33. The van der Waals surface area contributed by atoms with Crippen molar-refractivity contribution in [2.75, 3.05) is 18.8 Å². The first kappa shape index (κ1) is 23.6. The highest BCUT2D eigenvalue weighted by Crippen LogP contribution is 2.41. The molecular formula is C24H26F5N9. The Morgan fingerprint density at radius 2 is 2.03 bits per heavy atom. The van der Waals surface area contributed by atoms with Crippen LogP contribution in [0.25, 0.3) is 27.9 Å². The second-order valence-corrected chi connectivity index (χ2v) is 9.92. The fraction of sp³-hybridized carbons (Fsp3) is 0.500. The van der Waals surface area contributed by atoms with Gasteiger partial charge in [0.1, 0.15) is 23.0 Å². The number of imidazole rings is 1. The number of fused-ring (bicyclic) bond motifs is 2. The van der Waals surface area contributed by atoms with Crippen LogP contribution in [0.5, 0.6) is 0 Å². The number of aromatic nitrogens is 6. The highest BCUT2D eigenvalue weighted by Gasteiger charge is 2.49. The van der Waals surface area contributed by atoms with Gasteiger partial charge in [0.25, 0.3) is 12.3 Å². The molecule has 0 amide bonds. The number of H-pyrrole nitrogens is 1. The molecule has 0 spiro atoms. The van der Waals surface area contributed by atoms with Gasteiger partial charge in [-0.3, -0.25) is 14.5 Å². The van der Waals surface area contributed by atoms with Gasteiger partial charge in [-0.1, -0.05) is 0 Å². The normalized spacial score (nSPS) is 23.4. The molecule has 0 aromatic carbocycles. The molecule has 9 nitrogen and oxygen atoms in total. The van der Waals surface area contributed by atoms with Crippen molar-refractivity contribution in [3.8, 4) is 11.3 Å². The van der Waals surface area contributed by atoms with E-state index in [1.807, 2.05) is 0 Å². The summed E-state index contributed by atoms with van der Waals surface area (Å²) in [5, 5.41) is 2.89. The average Bonchev–Trinajstić information content (AvgIpc) is 3.34. The predicted octanol–water partition coefficient (Wildman–Crippen LogP) is 3.34. The Kier molecular flexibility index (Phi) is 5.60. The Hall–Kier alpha value is -3.55. The lowest BCUT2D eigenvalue weighted by Gasteiger charge is -2.45. The lowest BCUT2D eigenvalue weighted by atomic mass is 9.85. The van der Waals surface area contributed by atoms with Crippen molar-refractivity contribution in [1.82, 2.24) is 34.0 Å². The molecule has 2 fully saturated rings. The van der Waals surface area contributed by atoms with Gasteiger partial charge in [-0.15, -0.1) is 0 Å². The zero-order chi connectivity index (χ0) is 27.6. The third-order valence-corrected chi connectivity index (χ3v) is 7.29. The van der Waals surface area contributed by atoms with Crippen LogP contribution in [0.15, 0.2) is 29.4 Å². The number of hydrogen-bond donors (Lipinski definition) is 2. The molecule has 1 saturated heterocycles. The van der Waals surface area contributed by atoms with E-state index in [1.54, 1.807) is 24.0 Å². The average molecular weight is 537 g/mol. The number of piperidine rings is 1. The van der Waals surface area contributed by atoms with E-state index in [-0.39, 0.29) is 48.7 Å². The molecule has 1 aliphatic carbocycles. The van der Waals surface area contributed by atoms with E-state index in [1.165, 1.54) is 15.1 Å². The quantitative estimate of drug-likeness (QED) is 0.381. The molecule has 2 atom stereocenters. The highest BCUT2D eigenvalue weighted by atomic mass is 19.3. The van der Waals surface area contributed by atoms with Crippen molar-refractivity contribution in [1.29, 1.82) is 0 Å². The number of alkyl halides is 5. The number of nitrogens with zero attached hydrogens (tertiary/aromatic N) is 7. The van der Waals surface area contributed by atoms with Crippen LogP contribution in [0.1, 0.15) is 26.5 Å². The summed E-state index contributed by atoms with van der Waals surface area (Å²) in [6, 6.07) is 3.77. The molecule has 5 heterocycles. The summed E-state index contributed by atoms with van der Waals surface area (Å²) in [6.07, 6.45) is -4.12. The maximum Gasteiger partial charge on any atom is 0.256 e. The number of nitrogens with two attached hydrogens (primary N) is 1. The maximum absolute atomic E-state index is 15.0. The van der Waals surface area contributed by atoms with Crippen molar-refractivity contribution < 1.29 is 23.3 Å². The standard InChI is InChI=1S/C24H26F5N9/c1-12-31-18-3-2-16(32-22(18)37(12)11-19(26)27)14-4-7-38-20(14)21(30)34-23(35-38)33-17-5-6-36(10-15(17)25)13-8-24(28,29)9-13/h2-4,7,13,15,17,19H,5-6,8-11H2,1H3,(H3,30,33,34,35)/t15-,17+/m1/s1/i7D. The van der Waals surface area contributed by atoms with Gasteiger partial charge < -0.3 is 10.3 Å². The number of anilines is 1. The van der Waals surface area contributed by atoms with Crippen LogP contribution < -0.4 is 11.4 Å².